The largest absolute Gasteiger partial charge is 0.460 e. The van der Waals surface area contributed by atoms with Crippen LogP contribution in [0.1, 0.15) is 5.76 Å². The van der Waals surface area contributed by atoms with Gasteiger partial charge in [-0.05, 0) is 50.5 Å². The molecule has 2 rings (SSSR count). The summed E-state index contributed by atoms with van der Waals surface area (Å²) in [5, 5.41) is 4.09. The summed E-state index contributed by atoms with van der Waals surface area (Å²) >= 11 is 5.87. The van der Waals surface area contributed by atoms with E-state index in [9.17, 15) is 0 Å². The van der Waals surface area contributed by atoms with Crippen LogP contribution in [0.5, 0.6) is 0 Å². The molecule has 0 unspecified atom stereocenters. The minimum Gasteiger partial charge on any atom is -0.460 e. The van der Waals surface area contributed by atoms with Crippen LogP contribution in [-0.2, 0) is 6.54 Å². The highest BCUT2D eigenvalue weighted by Gasteiger charge is 2.04. The molecule has 0 aliphatic heterocycles. The number of likely N-dealkylation sites (N-methyl/N-ethyl adjacent to an activating group) is 1. The molecule has 0 spiro atoms. The van der Waals surface area contributed by atoms with Crippen LogP contribution in [0.3, 0.4) is 0 Å². The number of benzene rings is 1. The van der Waals surface area contributed by atoms with Crippen LogP contribution in [-0.4, -0.2) is 32.1 Å². The van der Waals surface area contributed by atoms with Crippen molar-refractivity contribution in [3.05, 3.63) is 47.2 Å². The predicted octanol–water partition coefficient (Wildman–Crippen LogP) is 3.67. The molecule has 0 aliphatic carbocycles. The third-order valence-corrected chi connectivity index (χ3v) is 3.08. The molecule has 0 radical (unpaired) electrons. The maximum atomic E-state index is 5.87. The van der Waals surface area contributed by atoms with E-state index in [-0.39, 0.29) is 12.4 Å². The zero-order valence-corrected chi connectivity index (χ0v) is 13.3. The molecule has 1 N–H and O–H groups in total. The van der Waals surface area contributed by atoms with Crippen molar-refractivity contribution in [1.82, 2.24) is 10.2 Å². The zero-order chi connectivity index (χ0) is 13.7. The second-order valence-corrected chi connectivity index (χ2v) is 5.19. The second-order valence-electron chi connectivity index (χ2n) is 4.75. The Balaban J connectivity index is 0.00000200. The summed E-state index contributed by atoms with van der Waals surface area (Å²) in [5.41, 5.74) is 1.05. The van der Waals surface area contributed by atoms with Crippen LogP contribution < -0.4 is 5.32 Å². The van der Waals surface area contributed by atoms with Crippen molar-refractivity contribution in [2.75, 3.05) is 27.2 Å². The quantitative estimate of drug-likeness (QED) is 0.825. The van der Waals surface area contributed by atoms with Crippen molar-refractivity contribution in [3.8, 4) is 11.3 Å². The lowest BCUT2D eigenvalue weighted by Crippen LogP contribution is -2.25. The summed E-state index contributed by atoms with van der Waals surface area (Å²) in [5.74, 6) is 1.82. The molecule has 0 saturated heterocycles. The fraction of sp³-hybridized carbons (Fsp3) is 0.333. The maximum Gasteiger partial charge on any atom is 0.134 e. The fourth-order valence-corrected chi connectivity index (χ4v) is 1.88. The first kappa shape index (κ1) is 17.1. The van der Waals surface area contributed by atoms with E-state index in [4.69, 9.17) is 16.0 Å². The lowest BCUT2D eigenvalue weighted by molar-refractivity contribution is 0.392. The Kier molecular flexibility index (Phi) is 7.10. The highest BCUT2D eigenvalue weighted by atomic mass is 35.5. The molecule has 1 aromatic heterocycles. The van der Waals surface area contributed by atoms with E-state index in [0.29, 0.717) is 0 Å². The van der Waals surface area contributed by atoms with Crippen LogP contribution in [0, 0.1) is 0 Å². The van der Waals surface area contributed by atoms with Crippen LogP contribution in [0.25, 0.3) is 11.3 Å². The van der Waals surface area contributed by atoms with Gasteiger partial charge in [-0.2, -0.15) is 0 Å². The van der Waals surface area contributed by atoms with E-state index in [0.717, 1.165) is 41.7 Å². The Bertz CT molecular complexity index is 509. The number of nitrogens with zero attached hydrogens (tertiary/aromatic N) is 1. The average Bonchev–Trinajstić information content (AvgIpc) is 2.84. The molecule has 110 valence electrons. The van der Waals surface area contributed by atoms with Gasteiger partial charge in [0.05, 0.1) is 6.54 Å². The normalized spacial score (nSPS) is 10.6. The van der Waals surface area contributed by atoms with Gasteiger partial charge in [0.1, 0.15) is 11.5 Å². The second kappa shape index (κ2) is 8.32. The van der Waals surface area contributed by atoms with E-state index < -0.39 is 0 Å². The van der Waals surface area contributed by atoms with Gasteiger partial charge in [0, 0.05) is 23.7 Å². The van der Waals surface area contributed by atoms with E-state index in [1.165, 1.54) is 0 Å². The molecule has 2 aromatic rings. The summed E-state index contributed by atoms with van der Waals surface area (Å²) in [6.07, 6.45) is 0. The van der Waals surface area contributed by atoms with E-state index in [2.05, 4.69) is 24.3 Å². The number of hydrogen-bond acceptors (Lipinski definition) is 3. The number of halogens is 2. The van der Waals surface area contributed by atoms with Crippen molar-refractivity contribution in [2.24, 2.45) is 0 Å². The van der Waals surface area contributed by atoms with Crippen molar-refractivity contribution in [1.29, 1.82) is 0 Å². The smallest absolute Gasteiger partial charge is 0.134 e. The molecule has 5 heteroatoms. The van der Waals surface area contributed by atoms with E-state index in [1.807, 2.05) is 36.4 Å². The molecule has 1 heterocycles. The van der Waals surface area contributed by atoms with Crippen LogP contribution in [0.2, 0.25) is 5.02 Å². The molecule has 0 aliphatic rings. The summed E-state index contributed by atoms with van der Waals surface area (Å²) in [7, 11) is 4.13. The minimum atomic E-state index is 0. The Hall–Kier alpha value is -1.00. The fourth-order valence-electron chi connectivity index (χ4n) is 1.76. The summed E-state index contributed by atoms with van der Waals surface area (Å²) in [6.45, 7) is 2.72. The van der Waals surface area contributed by atoms with Crippen molar-refractivity contribution < 1.29 is 4.42 Å². The Labute approximate surface area is 131 Å². The van der Waals surface area contributed by atoms with Crippen LogP contribution >= 0.6 is 24.0 Å². The van der Waals surface area contributed by atoms with Gasteiger partial charge in [0.2, 0.25) is 0 Å². The molecule has 20 heavy (non-hydrogen) atoms. The van der Waals surface area contributed by atoms with Crippen molar-refractivity contribution in [2.45, 2.75) is 6.54 Å². The van der Waals surface area contributed by atoms with E-state index in [1.54, 1.807) is 0 Å². The van der Waals surface area contributed by atoms with Gasteiger partial charge in [-0.3, -0.25) is 0 Å². The number of furan rings is 1. The lowest BCUT2D eigenvalue weighted by atomic mass is 10.2. The molecule has 3 nitrogen and oxygen atoms in total. The third kappa shape index (κ3) is 5.17. The Morgan fingerprint density at radius 2 is 1.80 bits per heavy atom. The van der Waals surface area contributed by atoms with Crippen LogP contribution in [0.4, 0.5) is 0 Å². The van der Waals surface area contributed by atoms with Gasteiger partial charge < -0.3 is 14.6 Å². The molecule has 0 bridgehead atoms. The maximum absolute atomic E-state index is 5.87. The first-order valence-corrected chi connectivity index (χ1v) is 6.73. The van der Waals surface area contributed by atoms with Gasteiger partial charge in [0.25, 0.3) is 0 Å². The summed E-state index contributed by atoms with van der Waals surface area (Å²) < 4.78 is 5.80. The summed E-state index contributed by atoms with van der Waals surface area (Å²) in [4.78, 5) is 2.15. The van der Waals surface area contributed by atoms with E-state index >= 15 is 0 Å². The average molecular weight is 315 g/mol. The molecule has 0 atom stereocenters. The van der Waals surface area contributed by atoms with Gasteiger partial charge in [-0.15, -0.1) is 12.4 Å². The SMILES string of the molecule is CN(C)CCNCc1ccc(-c2ccc(Cl)cc2)o1.Cl. The first-order chi connectivity index (χ1) is 9.15. The number of rotatable bonds is 6. The monoisotopic (exact) mass is 314 g/mol. The van der Waals surface area contributed by atoms with Crippen LogP contribution in [0.15, 0.2) is 40.8 Å². The lowest BCUT2D eigenvalue weighted by Gasteiger charge is -2.09. The van der Waals surface area contributed by atoms with Gasteiger partial charge in [0.15, 0.2) is 0 Å². The highest BCUT2D eigenvalue weighted by molar-refractivity contribution is 6.30. The Morgan fingerprint density at radius 1 is 1.10 bits per heavy atom. The molecule has 0 amide bonds. The zero-order valence-electron chi connectivity index (χ0n) is 11.7. The molecular formula is C15H20Cl2N2O. The third-order valence-electron chi connectivity index (χ3n) is 2.83. The molecule has 0 saturated carbocycles. The summed E-state index contributed by atoms with van der Waals surface area (Å²) in [6, 6.07) is 11.7. The standard InChI is InChI=1S/C15H19ClN2O.ClH/c1-18(2)10-9-17-11-14-7-8-15(19-14)12-3-5-13(16)6-4-12;/h3-8,17H,9-11H2,1-2H3;1H. The molecule has 0 fully saturated rings. The Morgan fingerprint density at radius 3 is 2.45 bits per heavy atom. The van der Waals surface area contributed by atoms with Crippen molar-refractivity contribution >= 4 is 24.0 Å². The first-order valence-electron chi connectivity index (χ1n) is 6.35. The highest BCUT2D eigenvalue weighted by Crippen LogP contribution is 2.23. The van der Waals surface area contributed by atoms with Crippen molar-refractivity contribution in [3.63, 3.8) is 0 Å². The van der Waals surface area contributed by atoms with Gasteiger partial charge in [-0.1, -0.05) is 11.6 Å². The number of hydrogen-bond donors (Lipinski definition) is 1. The minimum absolute atomic E-state index is 0. The van der Waals surface area contributed by atoms with Gasteiger partial charge in [-0.25, -0.2) is 0 Å². The topological polar surface area (TPSA) is 28.4 Å². The number of nitrogens with one attached hydrogen (secondary N) is 1. The van der Waals surface area contributed by atoms with Gasteiger partial charge >= 0.3 is 0 Å². The molecular weight excluding hydrogens is 295 g/mol. The molecule has 1 aromatic carbocycles. The predicted molar refractivity (Wildman–Crippen MR) is 86.7 cm³/mol.